The Morgan fingerprint density at radius 1 is 1.47 bits per heavy atom. The van der Waals surface area contributed by atoms with Crippen LogP contribution in [0.3, 0.4) is 0 Å². The number of nitrogens with zero attached hydrogens (tertiary/aromatic N) is 2. The number of carboxylic acid groups (broad SMARTS) is 1. The van der Waals surface area contributed by atoms with Crippen molar-refractivity contribution in [2.24, 2.45) is 0 Å². The molecule has 0 radical (unpaired) electrons. The summed E-state index contributed by atoms with van der Waals surface area (Å²) in [5.74, 6) is -0.918. The largest absolute Gasteiger partial charge is 0.481 e. The molecule has 0 unspecified atom stereocenters. The quantitative estimate of drug-likeness (QED) is 0.773. The normalized spacial score (nSPS) is 11.0. The minimum absolute atomic E-state index is 0.123. The summed E-state index contributed by atoms with van der Waals surface area (Å²) in [6, 6.07) is 5.43. The van der Waals surface area contributed by atoms with E-state index < -0.39 is 5.97 Å². The molecule has 0 aliphatic heterocycles. The zero-order valence-corrected chi connectivity index (χ0v) is 11.1. The third-order valence-corrected chi connectivity index (χ3v) is 3.06. The number of aliphatic carboxylic acids is 1. The van der Waals surface area contributed by atoms with Gasteiger partial charge in [-0.3, -0.25) is 4.79 Å². The van der Waals surface area contributed by atoms with E-state index in [9.17, 15) is 4.79 Å². The predicted octanol–water partition coefficient (Wildman–Crippen LogP) is 2.61. The summed E-state index contributed by atoms with van der Waals surface area (Å²) >= 11 is 3.22. The van der Waals surface area contributed by atoms with Crippen molar-refractivity contribution in [2.75, 3.05) is 0 Å². The van der Waals surface area contributed by atoms with Crippen molar-refractivity contribution in [3.8, 4) is 11.3 Å². The topological polar surface area (TPSA) is 92.0 Å². The number of nitrogens with one attached hydrogen (secondary N) is 1. The van der Waals surface area contributed by atoms with Gasteiger partial charge in [0.05, 0.1) is 17.8 Å². The van der Waals surface area contributed by atoms with E-state index in [1.807, 2.05) is 6.07 Å². The maximum atomic E-state index is 10.8. The number of carbonyl (C=O) groups is 1. The van der Waals surface area contributed by atoms with Crippen molar-refractivity contribution in [2.45, 2.75) is 6.42 Å². The Kier molecular flexibility index (Phi) is 2.83. The molecule has 0 spiro atoms. The van der Waals surface area contributed by atoms with E-state index in [4.69, 9.17) is 9.52 Å². The number of H-pyrrole nitrogens is 1. The van der Waals surface area contributed by atoms with Crippen LogP contribution in [-0.4, -0.2) is 26.0 Å². The molecular weight excluding hydrogens is 314 g/mol. The summed E-state index contributed by atoms with van der Waals surface area (Å²) in [4.78, 5) is 22.0. The second-order valence-corrected chi connectivity index (χ2v) is 4.71. The Morgan fingerprint density at radius 3 is 3.11 bits per heavy atom. The summed E-state index contributed by atoms with van der Waals surface area (Å²) in [6.07, 6.45) is 1.25. The van der Waals surface area contributed by atoms with E-state index in [2.05, 4.69) is 30.9 Å². The highest BCUT2D eigenvalue weighted by Gasteiger charge is 2.15. The second-order valence-electron chi connectivity index (χ2n) is 3.96. The Hall–Kier alpha value is -2.15. The van der Waals surface area contributed by atoms with Crippen LogP contribution in [0.25, 0.3) is 22.4 Å². The number of imidazole rings is 1. The van der Waals surface area contributed by atoms with Gasteiger partial charge in [-0.25, -0.2) is 9.97 Å². The molecule has 1 aromatic carbocycles. The molecule has 0 saturated heterocycles. The van der Waals surface area contributed by atoms with E-state index in [0.717, 1.165) is 11.1 Å². The van der Waals surface area contributed by atoms with Gasteiger partial charge in [-0.15, -0.1) is 0 Å². The van der Waals surface area contributed by atoms with E-state index in [1.54, 1.807) is 12.1 Å². The van der Waals surface area contributed by atoms with Crippen LogP contribution in [0.2, 0.25) is 0 Å². The lowest BCUT2D eigenvalue weighted by Gasteiger charge is -2.00. The first-order valence-corrected chi connectivity index (χ1v) is 6.22. The Labute approximate surface area is 115 Å². The van der Waals surface area contributed by atoms with E-state index in [1.165, 1.54) is 6.39 Å². The van der Waals surface area contributed by atoms with Crippen molar-refractivity contribution in [3.63, 3.8) is 0 Å². The van der Waals surface area contributed by atoms with Crippen LogP contribution in [0.5, 0.6) is 0 Å². The lowest BCUT2D eigenvalue weighted by atomic mass is 10.1. The highest BCUT2D eigenvalue weighted by atomic mass is 79.9. The molecule has 6 nitrogen and oxygen atoms in total. The van der Waals surface area contributed by atoms with Crippen molar-refractivity contribution in [3.05, 3.63) is 35.0 Å². The average Bonchev–Trinajstić information content (AvgIpc) is 2.93. The minimum atomic E-state index is -0.918. The summed E-state index contributed by atoms with van der Waals surface area (Å²) < 4.78 is 5.73. The molecule has 0 atom stereocenters. The van der Waals surface area contributed by atoms with Gasteiger partial charge in [0.2, 0.25) is 0 Å². The Balaban J connectivity index is 2.11. The molecule has 0 fully saturated rings. The molecule has 0 amide bonds. The van der Waals surface area contributed by atoms with Gasteiger partial charge >= 0.3 is 5.97 Å². The van der Waals surface area contributed by atoms with Crippen molar-refractivity contribution in [1.82, 2.24) is 15.0 Å². The third-order valence-electron chi connectivity index (χ3n) is 2.68. The molecule has 96 valence electrons. The van der Waals surface area contributed by atoms with Crippen LogP contribution in [0, 0.1) is 0 Å². The molecule has 0 aliphatic carbocycles. The number of hydrogen-bond donors (Lipinski definition) is 2. The molecular formula is C12H8BrN3O3. The molecule has 2 aromatic heterocycles. The molecule has 3 aromatic rings. The molecule has 2 N–H and O–H groups in total. The predicted molar refractivity (Wildman–Crippen MR) is 70.6 cm³/mol. The first kappa shape index (κ1) is 11.9. The Morgan fingerprint density at radius 2 is 2.32 bits per heavy atom. The number of rotatable bonds is 3. The summed E-state index contributed by atoms with van der Waals surface area (Å²) in [5.41, 5.74) is 3.30. The van der Waals surface area contributed by atoms with Gasteiger partial charge in [-0.05, 0) is 28.1 Å². The zero-order valence-electron chi connectivity index (χ0n) is 9.55. The van der Waals surface area contributed by atoms with Gasteiger partial charge in [0.1, 0.15) is 5.52 Å². The molecule has 2 heterocycles. The second kappa shape index (κ2) is 4.51. The smallest absolute Gasteiger partial charge is 0.309 e. The zero-order chi connectivity index (χ0) is 13.4. The van der Waals surface area contributed by atoms with Crippen LogP contribution in [-0.2, 0) is 11.2 Å². The molecule has 3 rings (SSSR count). The first-order chi connectivity index (χ1) is 9.13. The van der Waals surface area contributed by atoms with Gasteiger partial charge in [0.15, 0.2) is 16.7 Å². The number of benzene rings is 1. The number of aromatic nitrogens is 3. The van der Waals surface area contributed by atoms with Crippen LogP contribution in [0.4, 0.5) is 0 Å². The van der Waals surface area contributed by atoms with Crippen LogP contribution in [0.1, 0.15) is 5.69 Å². The average molecular weight is 322 g/mol. The highest BCUT2D eigenvalue weighted by Crippen LogP contribution is 2.27. The maximum absolute atomic E-state index is 10.8. The van der Waals surface area contributed by atoms with Crippen LogP contribution < -0.4 is 0 Å². The summed E-state index contributed by atoms with van der Waals surface area (Å²) in [5, 5.41) is 8.89. The third kappa shape index (κ3) is 2.24. The fourth-order valence-corrected chi connectivity index (χ4v) is 2.31. The molecule has 7 heteroatoms. The molecule has 0 saturated carbocycles. The van der Waals surface area contributed by atoms with Gasteiger partial charge in [-0.1, -0.05) is 6.07 Å². The van der Waals surface area contributed by atoms with Gasteiger partial charge in [0.25, 0.3) is 0 Å². The molecule has 19 heavy (non-hydrogen) atoms. The molecule has 0 bridgehead atoms. The monoisotopic (exact) mass is 321 g/mol. The number of oxazole rings is 1. The van der Waals surface area contributed by atoms with Gasteiger partial charge in [0, 0.05) is 5.56 Å². The van der Waals surface area contributed by atoms with Crippen LogP contribution >= 0.6 is 15.9 Å². The Bertz CT molecular complexity index is 763. The maximum Gasteiger partial charge on any atom is 0.309 e. The fraction of sp³-hybridized carbons (Fsp3) is 0.0833. The number of hydrogen-bond acceptors (Lipinski definition) is 4. The fourth-order valence-electron chi connectivity index (χ4n) is 1.90. The van der Waals surface area contributed by atoms with Crippen LogP contribution in [0.15, 0.2) is 33.7 Å². The van der Waals surface area contributed by atoms with E-state index in [-0.39, 0.29) is 6.42 Å². The minimum Gasteiger partial charge on any atom is -0.481 e. The summed E-state index contributed by atoms with van der Waals surface area (Å²) in [6.45, 7) is 0. The van der Waals surface area contributed by atoms with Crippen molar-refractivity contribution < 1.29 is 14.3 Å². The number of aromatic amines is 1. The number of carboxylic acids is 1. The first-order valence-electron chi connectivity index (χ1n) is 5.43. The molecule has 0 aliphatic rings. The SMILES string of the molecule is O=C(O)Cc1[nH]c(Br)nc1-c1ccc2ncoc2c1. The van der Waals surface area contributed by atoms with Crippen molar-refractivity contribution >= 4 is 33.0 Å². The van der Waals surface area contributed by atoms with Crippen molar-refractivity contribution in [1.29, 1.82) is 0 Å². The standard InChI is InChI=1S/C12H8BrN3O3/c13-12-15-8(4-10(17)18)11(16-12)6-1-2-7-9(3-6)19-5-14-7/h1-3,5H,4H2,(H,15,16)(H,17,18). The highest BCUT2D eigenvalue weighted by molar-refractivity contribution is 9.10. The van der Waals surface area contributed by atoms with Gasteiger partial charge in [-0.2, -0.15) is 0 Å². The lowest BCUT2D eigenvalue weighted by Crippen LogP contribution is -2.01. The van der Waals surface area contributed by atoms with E-state index >= 15 is 0 Å². The summed E-state index contributed by atoms with van der Waals surface area (Å²) in [7, 11) is 0. The number of halogens is 1. The van der Waals surface area contributed by atoms with E-state index in [0.29, 0.717) is 21.7 Å². The number of fused-ring (bicyclic) bond motifs is 1. The van der Waals surface area contributed by atoms with Gasteiger partial charge < -0.3 is 14.5 Å². The lowest BCUT2D eigenvalue weighted by molar-refractivity contribution is -0.136.